The average molecular weight is 491 g/mol. The Hall–Kier alpha value is -2.59. The summed E-state index contributed by atoms with van der Waals surface area (Å²) in [4.78, 5) is 23.3. The molecule has 0 N–H and O–H groups in total. The number of methoxy groups -OCH3 is 1. The van der Waals surface area contributed by atoms with Crippen LogP contribution in [-0.2, 0) is 25.2 Å². The van der Waals surface area contributed by atoms with Crippen molar-refractivity contribution < 1.29 is 22.3 Å². The highest BCUT2D eigenvalue weighted by Gasteiger charge is 2.47. The van der Waals surface area contributed by atoms with E-state index in [4.69, 9.17) is 4.74 Å². The van der Waals surface area contributed by atoms with Crippen LogP contribution < -0.4 is 4.90 Å². The van der Waals surface area contributed by atoms with Gasteiger partial charge in [0.15, 0.2) is 0 Å². The van der Waals surface area contributed by atoms with Crippen LogP contribution in [0.3, 0.4) is 0 Å². The Kier molecular flexibility index (Phi) is 6.41. The minimum absolute atomic E-state index is 0.0533. The summed E-state index contributed by atoms with van der Waals surface area (Å²) in [6.45, 7) is 7.67. The first-order valence-electron chi connectivity index (χ1n) is 11.4. The van der Waals surface area contributed by atoms with Gasteiger partial charge in [-0.25, -0.2) is 22.1 Å². The monoisotopic (exact) mass is 490 g/mol. The number of hydrogen-bond acceptors (Lipinski definition) is 6. The zero-order chi connectivity index (χ0) is 24.7. The Bertz CT molecular complexity index is 1150. The largest absolute Gasteiger partial charge is 0.481 e. The van der Waals surface area contributed by atoms with Gasteiger partial charge in [-0.15, -0.1) is 0 Å². The van der Waals surface area contributed by atoms with Gasteiger partial charge in [0.05, 0.1) is 41.9 Å². The van der Waals surface area contributed by atoms with Crippen molar-refractivity contribution in [2.75, 3.05) is 25.1 Å². The minimum atomic E-state index is -3.32. The molecule has 2 aliphatic heterocycles. The van der Waals surface area contributed by atoms with E-state index >= 15 is 4.39 Å². The van der Waals surface area contributed by atoms with Gasteiger partial charge in [-0.1, -0.05) is 12.7 Å². The van der Waals surface area contributed by atoms with E-state index in [1.54, 1.807) is 29.3 Å². The first kappa shape index (κ1) is 24.5. The van der Waals surface area contributed by atoms with Crippen molar-refractivity contribution in [2.45, 2.75) is 62.4 Å². The summed E-state index contributed by atoms with van der Waals surface area (Å²) in [5, 5.41) is -0.302. The fraction of sp³-hybridized carbons (Fsp3) is 0.542. The summed E-state index contributed by atoms with van der Waals surface area (Å²) >= 11 is 0. The summed E-state index contributed by atoms with van der Waals surface area (Å²) in [7, 11) is -1.83. The maximum absolute atomic E-state index is 16.0. The van der Waals surface area contributed by atoms with E-state index in [-0.39, 0.29) is 43.5 Å². The van der Waals surface area contributed by atoms with Crippen molar-refractivity contribution in [1.29, 1.82) is 0 Å². The number of amides is 1. The van der Waals surface area contributed by atoms with Gasteiger partial charge < -0.3 is 4.74 Å². The maximum Gasteiger partial charge on any atom is 0.233 e. The summed E-state index contributed by atoms with van der Waals surface area (Å²) in [5.41, 5.74) is -1.04. The maximum atomic E-state index is 16.0. The van der Waals surface area contributed by atoms with E-state index in [2.05, 4.69) is 16.6 Å². The third-order valence-electron chi connectivity index (χ3n) is 6.87. The molecule has 1 amide bonds. The quantitative estimate of drug-likeness (QED) is 0.431. The molecule has 0 atom stereocenters. The number of nitrogens with zero attached hydrogens (tertiary/aromatic N) is 4. The molecule has 0 aromatic carbocycles. The molecule has 1 aromatic heterocycles. The standard InChI is InChI=1S/C24H31FN4O4S/c1-5-6-21(33-4)27-20-14-22(30)29(23(20,2)3)18-13-17(15-26-16-18)24(25)9-11-28(12-10-24)34(31,32)19-7-8-19/h5-6,13,15-16,19H,1,7-12,14H2,2-4H3/b21-6+,27-20?. The molecule has 1 aliphatic carbocycles. The van der Waals surface area contributed by atoms with Crippen LogP contribution >= 0.6 is 0 Å². The van der Waals surface area contributed by atoms with E-state index in [1.165, 1.54) is 17.6 Å². The van der Waals surface area contributed by atoms with Gasteiger partial charge >= 0.3 is 0 Å². The topological polar surface area (TPSA) is 92.2 Å². The highest BCUT2D eigenvalue weighted by atomic mass is 32.2. The Balaban J connectivity index is 1.58. The second-order valence-electron chi connectivity index (χ2n) is 9.51. The number of aliphatic imine (C=N–C) groups is 1. The summed E-state index contributed by atoms with van der Waals surface area (Å²) < 4.78 is 47.7. The second kappa shape index (κ2) is 8.88. The van der Waals surface area contributed by atoms with Gasteiger partial charge in [0.1, 0.15) is 5.67 Å². The number of sulfonamides is 1. The van der Waals surface area contributed by atoms with Gasteiger partial charge in [-0.2, -0.15) is 0 Å². The van der Waals surface area contributed by atoms with E-state index in [0.29, 0.717) is 35.7 Å². The molecule has 1 aromatic rings. The van der Waals surface area contributed by atoms with Crippen LogP contribution in [-0.4, -0.2) is 60.3 Å². The number of rotatable bonds is 7. The van der Waals surface area contributed by atoms with Crippen molar-refractivity contribution in [1.82, 2.24) is 9.29 Å². The van der Waals surface area contributed by atoms with Crippen molar-refractivity contribution in [3.8, 4) is 0 Å². The first-order valence-corrected chi connectivity index (χ1v) is 12.9. The van der Waals surface area contributed by atoms with Crippen LogP contribution in [0.1, 0.15) is 51.5 Å². The minimum Gasteiger partial charge on any atom is -0.481 e. The number of aromatic nitrogens is 1. The number of carbonyl (C=O) groups is 1. The Morgan fingerprint density at radius 1 is 1.29 bits per heavy atom. The van der Waals surface area contributed by atoms with Crippen molar-refractivity contribution in [3.63, 3.8) is 0 Å². The predicted molar refractivity (Wildman–Crippen MR) is 129 cm³/mol. The van der Waals surface area contributed by atoms with Crippen LogP contribution in [0.4, 0.5) is 10.1 Å². The van der Waals surface area contributed by atoms with Gasteiger partial charge in [0, 0.05) is 24.8 Å². The lowest BCUT2D eigenvalue weighted by molar-refractivity contribution is -0.117. The molecule has 0 bridgehead atoms. The zero-order valence-corrected chi connectivity index (χ0v) is 20.6. The molecule has 3 heterocycles. The highest BCUT2D eigenvalue weighted by Crippen LogP contribution is 2.42. The van der Waals surface area contributed by atoms with Crippen LogP contribution in [0, 0.1) is 0 Å². The summed E-state index contributed by atoms with van der Waals surface area (Å²) in [6, 6.07) is 1.65. The number of hydrogen-bond donors (Lipinski definition) is 0. The van der Waals surface area contributed by atoms with E-state index in [1.807, 2.05) is 13.8 Å². The second-order valence-corrected chi connectivity index (χ2v) is 11.7. The van der Waals surface area contributed by atoms with E-state index in [9.17, 15) is 13.2 Å². The number of allylic oxidation sites excluding steroid dienone is 2. The third-order valence-corrected chi connectivity index (χ3v) is 9.27. The number of anilines is 1. The van der Waals surface area contributed by atoms with Crippen LogP contribution in [0.2, 0.25) is 0 Å². The van der Waals surface area contributed by atoms with Gasteiger partial charge in [-0.3, -0.25) is 14.7 Å². The molecule has 0 unspecified atom stereocenters. The molecule has 0 spiro atoms. The van der Waals surface area contributed by atoms with E-state index < -0.39 is 21.2 Å². The molecular weight excluding hydrogens is 459 g/mol. The van der Waals surface area contributed by atoms with Crippen molar-refractivity contribution >= 4 is 27.3 Å². The molecule has 34 heavy (non-hydrogen) atoms. The van der Waals surface area contributed by atoms with Crippen LogP contribution in [0.5, 0.6) is 0 Å². The summed E-state index contributed by atoms with van der Waals surface area (Å²) in [6.07, 6.45) is 7.75. The van der Waals surface area contributed by atoms with Gasteiger partial charge in [0.25, 0.3) is 0 Å². The SMILES string of the molecule is C=C/C=C(\N=C1CC(=O)N(c2cncc(C3(F)CCN(S(=O)(=O)C4CC4)CC3)c2)C1(C)C)OC. The number of piperidine rings is 1. The fourth-order valence-corrected chi connectivity index (χ4v) is 6.51. The molecule has 0 radical (unpaired) electrons. The Morgan fingerprint density at radius 2 is 1.97 bits per heavy atom. The molecule has 4 rings (SSSR count). The lowest BCUT2D eigenvalue weighted by Crippen LogP contribution is -2.46. The normalized spacial score (nSPS) is 24.5. The molecule has 3 fully saturated rings. The molecule has 8 nitrogen and oxygen atoms in total. The zero-order valence-electron chi connectivity index (χ0n) is 19.8. The predicted octanol–water partition coefficient (Wildman–Crippen LogP) is 3.46. The molecular formula is C24H31FN4O4S. The van der Waals surface area contributed by atoms with Gasteiger partial charge in [0.2, 0.25) is 21.8 Å². The fourth-order valence-electron chi connectivity index (χ4n) is 4.66. The Morgan fingerprint density at radius 3 is 2.56 bits per heavy atom. The van der Waals surface area contributed by atoms with Gasteiger partial charge in [-0.05, 0) is 51.7 Å². The lowest BCUT2D eigenvalue weighted by Gasteiger charge is -2.37. The molecule has 1 saturated carbocycles. The lowest BCUT2D eigenvalue weighted by atomic mass is 9.87. The molecule has 3 aliphatic rings. The third kappa shape index (κ3) is 4.40. The van der Waals surface area contributed by atoms with Crippen molar-refractivity contribution in [3.05, 3.63) is 48.6 Å². The average Bonchev–Trinajstić information content (AvgIpc) is 3.62. The first-order chi connectivity index (χ1) is 16.0. The molecule has 2 saturated heterocycles. The number of carbonyl (C=O) groups excluding carboxylic acids is 1. The number of alkyl halides is 1. The van der Waals surface area contributed by atoms with E-state index in [0.717, 1.165) is 0 Å². The highest BCUT2D eigenvalue weighted by molar-refractivity contribution is 7.90. The number of ether oxygens (including phenoxy) is 1. The smallest absolute Gasteiger partial charge is 0.233 e. The van der Waals surface area contributed by atoms with Crippen LogP contribution in [0.25, 0.3) is 0 Å². The molecule has 10 heteroatoms. The molecule has 184 valence electrons. The van der Waals surface area contributed by atoms with Crippen LogP contribution in [0.15, 0.2) is 48.1 Å². The summed E-state index contributed by atoms with van der Waals surface area (Å²) in [5.74, 6) is 0.172. The Labute approximate surface area is 200 Å². The number of pyridine rings is 1. The number of halogens is 1. The van der Waals surface area contributed by atoms with Crippen molar-refractivity contribution in [2.24, 2.45) is 4.99 Å².